The molecule has 12 heteroatoms. The number of thiocarbonyl (C=S) groups is 1. The zero-order valence-electron chi connectivity index (χ0n) is 15.7. The van der Waals surface area contributed by atoms with E-state index in [1.807, 2.05) is 0 Å². The maximum atomic E-state index is 13.0. The number of rotatable bonds is 4. The van der Waals surface area contributed by atoms with Crippen LogP contribution < -0.4 is 10.7 Å². The van der Waals surface area contributed by atoms with E-state index in [0.717, 1.165) is 6.21 Å². The molecule has 1 heterocycles. The Labute approximate surface area is 181 Å². The second-order valence-electron chi connectivity index (χ2n) is 6.33. The molecule has 0 aliphatic heterocycles. The number of halogens is 7. The normalized spacial score (nSPS) is 12.2. The SMILES string of the molecule is Fc1ccc(NC(=S)NN=Cc2ccc(-c3cc(C(F)(F)F)cc(C(F)(F)F)c3)o2)cc1. The van der Waals surface area contributed by atoms with E-state index < -0.39 is 34.9 Å². The van der Waals surface area contributed by atoms with Gasteiger partial charge in [-0.1, -0.05) is 0 Å². The third kappa shape index (κ3) is 6.06. The maximum Gasteiger partial charge on any atom is 0.416 e. The molecular weight excluding hydrogens is 463 g/mol. The number of hydrazone groups is 1. The van der Waals surface area contributed by atoms with E-state index in [2.05, 4.69) is 15.8 Å². The summed E-state index contributed by atoms with van der Waals surface area (Å²) in [6.45, 7) is 0. The van der Waals surface area contributed by atoms with Crippen LogP contribution in [0.1, 0.15) is 16.9 Å². The van der Waals surface area contributed by atoms with Crippen LogP contribution in [0.5, 0.6) is 0 Å². The maximum absolute atomic E-state index is 13.0. The lowest BCUT2D eigenvalue weighted by Crippen LogP contribution is -2.23. The number of nitrogens with one attached hydrogen (secondary N) is 2. The minimum absolute atomic E-state index is 0.0355. The van der Waals surface area contributed by atoms with E-state index in [-0.39, 0.29) is 22.7 Å². The smallest absolute Gasteiger partial charge is 0.416 e. The summed E-state index contributed by atoms with van der Waals surface area (Å²) in [7, 11) is 0. The van der Waals surface area contributed by atoms with Gasteiger partial charge in [0.25, 0.3) is 0 Å². The van der Waals surface area contributed by atoms with Crippen LogP contribution in [0, 0.1) is 5.82 Å². The zero-order valence-corrected chi connectivity index (χ0v) is 16.5. The highest BCUT2D eigenvalue weighted by Gasteiger charge is 2.37. The summed E-state index contributed by atoms with van der Waals surface area (Å²) in [5, 5.41) is 6.54. The van der Waals surface area contributed by atoms with Crippen molar-refractivity contribution in [2.24, 2.45) is 5.10 Å². The van der Waals surface area contributed by atoms with E-state index in [1.165, 1.54) is 36.4 Å². The third-order valence-electron chi connectivity index (χ3n) is 3.96. The highest BCUT2D eigenvalue weighted by Crippen LogP contribution is 2.38. The highest BCUT2D eigenvalue weighted by atomic mass is 32.1. The van der Waals surface area contributed by atoms with Crippen molar-refractivity contribution in [3.8, 4) is 11.3 Å². The Morgan fingerprint density at radius 1 is 0.875 bits per heavy atom. The van der Waals surface area contributed by atoms with Gasteiger partial charge < -0.3 is 9.73 Å². The summed E-state index contributed by atoms with van der Waals surface area (Å²) in [4.78, 5) is 0. The van der Waals surface area contributed by atoms with Gasteiger partial charge in [0.2, 0.25) is 0 Å². The molecule has 0 amide bonds. The van der Waals surface area contributed by atoms with Gasteiger partial charge in [-0.25, -0.2) is 4.39 Å². The van der Waals surface area contributed by atoms with Gasteiger partial charge in [0, 0.05) is 11.3 Å². The van der Waals surface area contributed by atoms with Crippen LogP contribution in [0.3, 0.4) is 0 Å². The molecule has 0 unspecified atom stereocenters. The molecule has 32 heavy (non-hydrogen) atoms. The number of hydrogen-bond acceptors (Lipinski definition) is 3. The standard InChI is InChI=1S/C20H12F7N3OS/c21-14-1-3-15(4-2-14)29-18(32)30-28-10-16-5-6-17(31-16)11-7-12(19(22,23)24)9-13(8-11)20(25,26)27/h1-10H,(H2,29,30,32). The fraction of sp³-hybridized carbons (Fsp3) is 0.100. The quantitative estimate of drug-likeness (QED) is 0.197. The molecule has 3 rings (SSSR count). The van der Waals surface area contributed by atoms with Gasteiger partial charge >= 0.3 is 12.4 Å². The summed E-state index contributed by atoms with van der Waals surface area (Å²) in [5.74, 6) is -0.595. The molecule has 3 aromatic rings. The topological polar surface area (TPSA) is 49.6 Å². The van der Waals surface area contributed by atoms with Gasteiger partial charge in [-0.15, -0.1) is 0 Å². The minimum atomic E-state index is -4.97. The summed E-state index contributed by atoms with van der Waals surface area (Å²) < 4.78 is 96.2. The predicted molar refractivity (Wildman–Crippen MR) is 107 cm³/mol. The van der Waals surface area contributed by atoms with Gasteiger partial charge in [-0.3, -0.25) is 5.43 Å². The van der Waals surface area contributed by atoms with Crippen molar-refractivity contribution in [2.45, 2.75) is 12.4 Å². The minimum Gasteiger partial charge on any atom is -0.455 e. The molecular formula is C20H12F7N3OS. The van der Waals surface area contributed by atoms with Gasteiger partial charge in [0.15, 0.2) is 5.11 Å². The van der Waals surface area contributed by atoms with Crippen molar-refractivity contribution in [3.63, 3.8) is 0 Å². The van der Waals surface area contributed by atoms with Crippen molar-refractivity contribution in [3.05, 3.63) is 77.3 Å². The van der Waals surface area contributed by atoms with Crippen molar-refractivity contribution in [1.82, 2.24) is 5.43 Å². The number of nitrogens with zero attached hydrogens (tertiary/aromatic N) is 1. The molecule has 0 saturated carbocycles. The summed E-state index contributed by atoms with van der Waals surface area (Å²) in [6, 6.07) is 9.01. The van der Waals surface area contributed by atoms with Crippen LogP contribution in [0.4, 0.5) is 36.4 Å². The molecule has 4 nitrogen and oxygen atoms in total. The molecule has 0 atom stereocenters. The van der Waals surface area contributed by atoms with Crippen molar-refractivity contribution < 1.29 is 35.2 Å². The second-order valence-corrected chi connectivity index (χ2v) is 6.74. The Hall–Kier alpha value is -3.41. The van der Waals surface area contributed by atoms with E-state index in [4.69, 9.17) is 16.6 Å². The fourth-order valence-electron chi connectivity index (χ4n) is 2.52. The van der Waals surface area contributed by atoms with Crippen molar-refractivity contribution in [2.75, 3.05) is 5.32 Å². The first-order valence-electron chi connectivity index (χ1n) is 8.67. The molecule has 168 valence electrons. The molecule has 0 saturated heterocycles. The van der Waals surface area contributed by atoms with Crippen LogP contribution in [-0.2, 0) is 12.4 Å². The van der Waals surface area contributed by atoms with Gasteiger partial charge in [0.05, 0.1) is 17.3 Å². The molecule has 0 bridgehead atoms. The zero-order chi connectivity index (χ0) is 23.5. The first kappa shape index (κ1) is 23.3. The molecule has 0 radical (unpaired) electrons. The Morgan fingerprint density at radius 2 is 1.47 bits per heavy atom. The monoisotopic (exact) mass is 475 g/mol. The first-order chi connectivity index (χ1) is 14.9. The van der Waals surface area contributed by atoms with Crippen LogP contribution >= 0.6 is 12.2 Å². The molecule has 0 aliphatic rings. The molecule has 1 aromatic heterocycles. The number of hydrogen-bond donors (Lipinski definition) is 2. The molecule has 0 fully saturated rings. The number of anilines is 1. The van der Waals surface area contributed by atoms with Gasteiger partial charge in [-0.05, 0) is 66.8 Å². The van der Waals surface area contributed by atoms with Crippen molar-refractivity contribution >= 4 is 29.2 Å². The first-order valence-corrected chi connectivity index (χ1v) is 9.08. The average Bonchev–Trinajstić information content (AvgIpc) is 3.17. The Morgan fingerprint density at radius 3 is 2.03 bits per heavy atom. The average molecular weight is 475 g/mol. The third-order valence-corrected chi connectivity index (χ3v) is 4.15. The van der Waals surface area contributed by atoms with Crippen molar-refractivity contribution in [1.29, 1.82) is 0 Å². The van der Waals surface area contributed by atoms with Gasteiger partial charge in [0.1, 0.15) is 17.3 Å². The fourth-order valence-corrected chi connectivity index (χ4v) is 2.69. The van der Waals surface area contributed by atoms with Crippen LogP contribution in [0.15, 0.2) is 64.1 Å². The van der Waals surface area contributed by atoms with E-state index >= 15 is 0 Å². The second kappa shape index (κ2) is 8.99. The number of alkyl halides is 6. The Balaban J connectivity index is 1.73. The lowest BCUT2D eigenvalue weighted by molar-refractivity contribution is -0.143. The Bertz CT molecular complexity index is 1100. The predicted octanol–water partition coefficient (Wildman–Crippen LogP) is 6.44. The number of furan rings is 1. The highest BCUT2D eigenvalue weighted by molar-refractivity contribution is 7.80. The summed E-state index contributed by atoms with van der Waals surface area (Å²) in [6.07, 6.45) is -8.81. The van der Waals surface area contributed by atoms with Crippen LogP contribution in [0.25, 0.3) is 11.3 Å². The molecule has 2 N–H and O–H groups in total. The van der Waals surface area contributed by atoms with Crippen LogP contribution in [-0.4, -0.2) is 11.3 Å². The van der Waals surface area contributed by atoms with E-state index in [9.17, 15) is 30.7 Å². The molecule has 0 spiro atoms. The van der Waals surface area contributed by atoms with E-state index in [1.54, 1.807) is 0 Å². The lowest BCUT2D eigenvalue weighted by Gasteiger charge is -2.13. The van der Waals surface area contributed by atoms with Gasteiger partial charge in [-0.2, -0.15) is 31.4 Å². The van der Waals surface area contributed by atoms with E-state index in [0.29, 0.717) is 17.8 Å². The molecule has 0 aliphatic carbocycles. The number of benzene rings is 2. The molecule has 2 aromatic carbocycles. The summed E-state index contributed by atoms with van der Waals surface area (Å²) in [5.41, 5.74) is -0.367. The Kier molecular flexibility index (Phi) is 6.53. The largest absolute Gasteiger partial charge is 0.455 e. The lowest BCUT2D eigenvalue weighted by atomic mass is 10.0. The summed E-state index contributed by atoms with van der Waals surface area (Å²) >= 11 is 4.99. The van der Waals surface area contributed by atoms with Crippen LogP contribution in [0.2, 0.25) is 0 Å².